The van der Waals surface area contributed by atoms with Gasteiger partial charge >= 0.3 is 0 Å². The topological polar surface area (TPSA) is 50.7 Å². The molecule has 0 spiro atoms. The van der Waals surface area contributed by atoms with Gasteiger partial charge in [-0.05, 0) is 60.7 Å². The molecule has 1 saturated heterocycles. The second kappa shape index (κ2) is 9.32. The number of benzene rings is 3. The molecule has 3 aromatic carbocycles. The number of nitrogens with zero attached hydrogens (tertiary/aromatic N) is 1. The number of carbonyl (C=O) groups excluding carboxylic acids is 1. The van der Waals surface area contributed by atoms with Gasteiger partial charge in [-0.25, -0.2) is 4.99 Å². The van der Waals surface area contributed by atoms with Crippen molar-refractivity contribution in [2.45, 2.75) is 13.5 Å². The van der Waals surface area contributed by atoms with Crippen LogP contribution in [0.5, 0.6) is 5.75 Å². The highest BCUT2D eigenvalue weighted by Crippen LogP contribution is 2.32. The quantitative estimate of drug-likeness (QED) is 0.442. The van der Waals surface area contributed by atoms with Gasteiger partial charge in [0.25, 0.3) is 5.91 Å². The van der Waals surface area contributed by atoms with Crippen LogP contribution in [-0.2, 0) is 11.4 Å². The Morgan fingerprint density at radius 1 is 1.07 bits per heavy atom. The number of aryl methyl sites for hydroxylation is 1. The average Bonchev–Trinajstić information content (AvgIpc) is 3.08. The van der Waals surface area contributed by atoms with Crippen molar-refractivity contribution in [2.24, 2.45) is 4.99 Å². The first kappa shape index (κ1) is 20.4. The number of halogens is 1. The zero-order valence-corrected chi connectivity index (χ0v) is 18.7. The molecule has 1 aliphatic rings. The van der Waals surface area contributed by atoms with Crippen LogP contribution in [0, 0.1) is 6.92 Å². The summed E-state index contributed by atoms with van der Waals surface area (Å²) in [6.45, 7) is 2.48. The van der Waals surface area contributed by atoms with Crippen molar-refractivity contribution in [1.82, 2.24) is 5.32 Å². The van der Waals surface area contributed by atoms with Crippen molar-refractivity contribution >= 4 is 50.5 Å². The number of carbonyl (C=O) groups is 1. The molecule has 1 fully saturated rings. The maximum absolute atomic E-state index is 12.5. The van der Waals surface area contributed by atoms with Gasteiger partial charge in [-0.2, -0.15) is 0 Å². The molecule has 0 unspecified atom stereocenters. The molecular weight excluding hydrogens is 460 g/mol. The summed E-state index contributed by atoms with van der Waals surface area (Å²) in [5.41, 5.74) is 3.88. The zero-order chi connectivity index (χ0) is 20.9. The maximum Gasteiger partial charge on any atom is 0.264 e. The molecule has 150 valence electrons. The number of hydrogen-bond acceptors (Lipinski definition) is 4. The van der Waals surface area contributed by atoms with Crippen molar-refractivity contribution in [3.63, 3.8) is 0 Å². The lowest BCUT2D eigenvalue weighted by Crippen LogP contribution is -2.19. The summed E-state index contributed by atoms with van der Waals surface area (Å²) in [6.07, 6.45) is 1.84. The number of nitrogens with one attached hydrogen (secondary N) is 1. The Morgan fingerprint density at radius 3 is 2.60 bits per heavy atom. The summed E-state index contributed by atoms with van der Waals surface area (Å²) in [5.74, 6) is 0.548. The van der Waals surface area contributed by atoms with Gasteiger partial charge in [0, 0.05) is 10.0 Å². The average molecular weight is 479 g/mol. The lowest BCUT2D eigenvalue weighted by molar-refractivity contribution is -0.115. The van der Waals surface area contributed by atoms with Crippen molar-refractivity contribution < 1.29 is 9.53 Å². The van der Waals surface area contributed by atoms with E-state index in [9.17, 15) is 4.79 Å². The van der Waals surface area contributed by atoms with Gasteiger partial charge in [-0.3, -0.25) is 4.79 Å². The highest BCUT2D eigenvalue weighted by atomic mass is 79.9. The Kier molecular flexibility index (Phi) is 6.35. The molecule has 1 N–H and O–H groups in total. The predicted molar refractivity (Wildman–Crippen MR) is 127 cm³/mol. The Morgan fingerprint density at radius 2 is 1.83 bits per heavy atom. The fourth-order valence-corrected chi connectivity index (χ4v) is 4.07. The van der Waals surface area contributed by atoms with Crippen LogP contribution in [0.4, 0.5) is 5.69 Å². The number of ether oxygens (including phenoxy) is 1. The molecule has 1 amide bonds. The Labute approximate surface area is 188 Å². The fraction of sp³-hybridized carbons (Fsp3) is 0.0833. The Balaban J connectivity index is 1.55. The summed E-state index contributed by atoms with van der Waals surface area (Å²) < 4.78 is 6.94. The Bertz CT molecular complexity index is 1130. The first-order valence-electron chi connectivity index (χ1n) is 9.39. The van der Waals surface area contributed by atoms with Crippen molar-refractivity contribution in [3.05, 3.63) is 98.9 Å². The van der Waals surface area contributed by atoms with E-state index in [1.165, 1.54) is 17.3 Å². The normalized spacial score (nSPS) is 16.1. The summed E-state index contributed by atoms with van der Waals surface area (Å²) in [5, 5.41) is 3.40. The number of thioether (sulfide) groups is 1. The minimum absolute atomic E-state index is 0.167. The van der Waals surface area contributed by atoms with Crippen molar-refractivity contribution in [1.29, 1.82) is 0 Å². The van der Waals surface area contributed by atoms with Gasteiger partial charge in [0.1, 0.15) is 12.4 Å². The van der Waals surface area contributed by atoms with Crippen LogP contribution < -0.4 is 10.1 Å². The van der Waals surface area contributed by atoms with Crippen molar-refractivity contribution in [3.8, 4) is 5.75 Å². The summed E-state index contributed by atoms with van der Waals surface area (Å²) >= 11 is 4.82. The minimum atomic E-state index is -0.167. The van der Waals surface area contributed by atoms with Crippen LogP contribution in [0.2, 0.25) is 0 Å². The second-order valence-electron chi connectivity index (χ2n) is 6.77. The maximum atomic E-state index is 12.5. The first-order chi connectivity index (χ1) is 14.6. The highest BCUT2D eigenvalue weighted by molar-refractivity contribution is 9.10. The molecule has 0 aromatic heterocycles. The summed E-state index contributed by atoms with van der Waals surface area (Å²) in [4.78, 5) is 17.6. The number of amidine groups is 1. The molecule has 1 heterocycles. The van der Waals surface area contributed by atoms with E-state index >= 15 is 0 Å². The van der Waals surface area contributed by atoms with Crippen LogP contribution >= 0.6 is 27.7 Å². The standard InChI is InChI=1S/C24H19BrN2O2S/c1-16-7-10-20(11-8-16)26-24-27-23(28)22(30-24)14-18-13-19(25)9-12-21(18)29-15-17-5-3-2-4-6-17/h2-14H,15H2,1H3,(H,26,27,28). The monoisotopic (exact) mass is 478 g/mol. The molecule has 30 heavy (non-hydrogen) atoms. The van der Waals surface area contributed by atoms with E-state index < -0.39 is 0 Å². The lowest BCUT2D eigenvalue weighted by Gasteiger charge is -2.10. The van der Waals surface area contributed by atoms with Gasteiger partial charge in [-0.1, -0.05) is 64.0 Å². The van der Waals surface area contributed by atoms with Gasteiger partial charge in [0.2, 0.25) is 0 Å². The fourth-order valence-electron chi connectivity index (χ4n) is 2.86. The van der Waals surface area contributed by atoms with E-state index in [1.807, 2.05) is 85.8 Å². The second-order valence-corrected chi connectivity index (χ2v) is 8.72. The van der Waals surface area contributed by atoms with Gasteiger partial charge < -0.3 is 10.1 Å². The number of rotatable bonds is 5. The summed E-state index contributed by atoms with van der Waals surface area (Å²) in [7, 11) is 0. The first-order valence-corrected chi connectivity index (χ1v) is 11.0. The van der Waals surface area contributed by atoms with Gasteiger partial charge in [-0.15, -0.1) is 0 Å². The lowest BCUT2D eigenvalue weighted by atomic mass is 10.2. The third-order valence-corrected chi connectivity index (χ3v) is 5.81. The minimum Gasteiger partial charge on any atom is -0.488 e. The van der Waals surface area contributed by atoms with Gasteiger partial charge in [0.15, 0.2) is 5.17 Å². The molecule has 4 nitrogen and oxygen atoms in total. The van der Waals surface area contributed by atoms with Gasteiger partial charge in [0.05, 0.1) is 10.6 Å². The van der Waals surface area contributed by atoms with Crippen LogP contribution in [0.1, 0.15) is 16.7 Å². The molecule has 0 bridgehead atoms. The van der Waals surface area contributed by atoms with Crippen LogP contribution in [0.3, 0.4) is 0 Å². The molecule has 0 saturated carbocycles. The highest BCUT2D eigenvalue weighted by Gasteiger charge is 2.24. The van der Waals surface area contributed by atoms with E-state index in [-0.39, 0.29) is 5.91 Å². The summed E-state index contributed by atoms with van der Waals surface area (Å²) in [6, 6.07) is 23.6. The largest absolute Gasteiger partial charge is 0.488 e. The zero-order valence-electron chi connectivity index (χ0n) is 16.3. The SMILES string of the molecule is Cc1ccc(N=C2NC(=O)C(=Cc3cc(Br)ccc3OCc3ccccc3)S2)cc1. The van der Waals surface area contributed by atoms with Crippen LogP contribution in [0.25, 0.3) is 6.08 Å². The molecule has 6 heteroatoms. The number of hydrogen-bond donors (Lipinski definition) is 1. The van der Waals surface area contributed by atoms with Crippen molar-refractivity contribution in [2.75, 3.05) is 0 Å². The van der Waals surface area contributed by atoms with Crippen LogP contribution in [-0.4, -0.2) is 11.1 Å². The van der Waals surface area contributed by atoms with E-state index in [0.29, 0.717) is 22.4 Å². The number of aliphatic imine (C=N–C) groups is 1. The molecule has 3 aromatic rings. The van der Waals surface area contributed by atoms with E-state index in [1.54, 1.807) is 0 Å². The molecule has 1 aliphatic heterocycles. The Hall–Kier alpha value is -2.83. The smallest absolute Gasteiger partial charge is 0.264 e. The molecule has 0 aliphatic carbocycles. The molecule has 0 radical (unpaired) electrons. The third kappa shape index (κ3) is 5.20. The van der Waals surface area contributed by atoms with E-state index in [0.717, 1.165) is 21.3 Å². The predicted octanol–water partition coefficient (Wildman–Crippen LogP) is 6.23. The van der Waals surface area contributed by atoms with E-state index in [2.05, 4.69) is 26.2 Å². The molecule has 4 rings (SSSR count). The molecular formula is C24H19BrN2O2S. The molecule has 0 atom stereocenters. The number of amides is 1. The third-order valence-electron chi connectivity index (χ3n) is 4.41. The van der Waals surface area contributed by atoms with E-state index in [4.69, 9.17) is 4.74 Å². The van der Waals surface area contributed by atoms with Crippen LogP contribution in [0.15, 0.2) is 87.2 Å².